The van der Waals surface area contributed by atoms with Crippen molar-refractivity contribution in [3.63, 3.8) is 0 Å². The number of ketones is 1. The van der Waals surface area contributed by atoms with Crippen LogP contribution in [0.25, 0.3) is 0 Å². The summed E-state index contributed by atoms with van der Waals surface area (Å²) in [5, 5.41) is 0.576. The third kappa shape index (κ3) is 5.45. The number of carbonyl (C=O) groups is 2. The lowest BCUT2D eigenvalue weighted by atomic mass is 10.0. The van der Waals surface area contributed by atoms with Crippen molar-refractivity contribution in [2.24, 2.45) is 0 Å². The van der Waals surface area contributed by atoms with Crippen molar-refractivity contribution < 1.29 is 19.1 Å². The van der Waals surface area contributed by atoms with E-state index in [-0.39, 0.29) is 18.3 Å². The van der Waals surface area contributed by atoms with Crippen molar-refractivity contribution in [2.45, 2.75) is 20.4 Å². The maximum absolute atomic E-state index is 12.5. The summed E-state index contributed by atoms with van der Waals surface area (Å²) < 4.78 is 11.0. The molecule has 2 aromatic carbocycles. The summed E-state index contributed by atoms with van der Waals surface area (Å²) in [6.45, 7) is 4.08. The number of aromatic nitrogens is 1. The summed E-state index contributed by atoms with van der Waals surface area (Å²) in [5.41, 5.74) is 3.71. The van der Waals surface area contributed by atoms with Crippen LogP contribution in [0.2, 0.25) is 5.02 Å². The van der Waals surface area contributed by atoms with Gasteiger partial charge < -0.3 is 14.4 Å². The van der Waals surface area contributed by atoms with Gasteiger partial charge in [-0.25, -0.2) is 0 Å². The van der Waals surface area contributed by atoms with Crippen LogP contribution < -0.4 is 9.47 Å². The Balaban J connectivity index is 1.57. The molecule has 0 spiro atoms. The molecule has 3 aromatic rings. The van der Waals surface area contributed by atoms with Gasteiger partial charge in [-0.1, -0.05) is 11.6 Å². The Labute approximate surface area is 192 Å². The molecule has 1 aromatic heterocycles. The largest absolute Gasteiger partial charge is 0.496 e. The molecular weight excluding hydrogens is 428 g/mol. The lowest BCUT2D eigenvalue weighted by Crippen LogP contribution is -2.31. The van der Waals surface area contributed by atoms with Crippen molar-refractivity contribution in [3.8, 4) is 11.5 Å². The third-order valence-corrected chi connectivity index (χ3v) is 5.40. The van der Waals surface area contributed by atoms with Crippen molar-refractivity contribution in [3.05, 3.63) is 87.7 Å². The minimum absolute atomic E-state index is 0.111. The number of carbonyl (C=O) groups excluding carboxylic acids is 2. The lowest BCUT2D eigenvalue weighted by molar-refractivity contribution is -0.132. The van der Waals surface area contributed by atoms with Gasteiger partial charge in [-0.3, -0.25) is 14.6 Å². The number of amides is 1. The van der Waals surface area contributed by atoms with E-state index in [1.165, 1.54) is 0 Å². The van der Waals surface area contributed by atoms with Gasteiger partial charge in [0, 0.05) is 40.5 Å². The zero-order chi connectivity index (χ0) is 23.3. The average molecular weight is 453 g/mol. The number of rotatable bonds is 8. The van der Waals surface area contributed by atoms with Crippen LogP contribution in [-0.4, -0.2) is 42.3 Å². The molecule has 0 bridgehead atoms. The van der Waals surface area contributed by atoms with Crippen LogP contribution in [0.15, 0.2) is 54.7 Å². The normalized spacial score (nSPS) is 10.5. The van der Waals surface area contributed by atoms with Crippen LogP contribution in [0.3, 0.4) is 0 Å². The molecule has 32 heavy (non-hydrogen) atoms. The second-order valence-corrected chi connectivity index (χ2v) is 7.88. The average Bonchev–Trinajstić information content (AvgIpc) is 2.80. The number of methoxy groups -OCH3 is 1. The first-order valence-corrected chi connectivity index (χ1v) is 10.4. The van der Waals surface area contributed by atoms with Crippen LogP contribution in [0.5, 0.6) is 11.5 Å². The van der Waals surface area contributed by atoms with Gasteiger partial charge in [-0.15, -0.1) is 0 Å². The van der Waals surface area contributed by atoms with Gasteiger partial charge in [0.05, 0.1) is 19.3 Å². The SMILES string of the molecule is COc1c(C)cnc(CN(C)C(=O)COc2ccc(C(=O)c3ccc(Cl)cc3)cc2)c1C. The van der Waals surface area contributed by atoms with E-state index in [4.69, 9.17) is 21.1 Å². The molecule has 0 fully saturated rings. The first-order chi connectivity index (χ1) is 15.3. The molecular formula is C25H25ClN2O4. The summed E-state index contributed by atoms with van der Waals surface area (Å²) in [7, 11) is 3.32. The van der Waals surface area contributed by atoms with Crippen LogP contribution in [0.4, 0.5) is 0 Å². The molecule has 0 atom stereocenters. The van der Waals surface area contributed by atoms with Gasteiger partial charge in [-0.2, -0.15) is 0 Å². The Morgan fingerprint density at radius 3 is 2.19 bits per heavy atom. The van der Waals surface area contributed by atoms with Gasteiger partial charge in [0.15, 0.2) is 12.4 Å². The van der Waals surface area contributed by atoms with E-state index in [0.29, 0.717) is 28.4 Å². The highest BCUT2D eigenvalue weighted by Gasteiger charge is 2.16. The predicted molar refractivity (Wildman–Crippen MR) is 124 cm³/mol. The van der Waals surface area contributed by atoms with Gasteiger partial charge in [-0.05, 0) is 62.4 Å². The van der Waals surface area contributed by atoms with Crippen molar-refractivity contribution in [1.82, 2.24) is 9.88 Å². The van der Waals surface area contributed by atoms with E-state index in [0.717, 1.165) is 22.6 Å². The highest BCUT2D eigenvalue weighted by molar-refractivity contribution is 6.30. The van der Waals surface area contributed by atoms with Gasteiger partial charge in [0.25, 0.3) is 5.91 Å². The van der Waals surface area contributed by atoms with Gasteiger partial charge in [0.1, 0.15) is 11.5 Å². The molecule has 7 heteroatoms. The highest BCUT2D eigenvalue weighted by atomic mass is 35.5. The summed E-state index contributed by atoms with van der Waals surface area (Å²) in [6, 6.07) is 13.4. The van der Waals surface area contributed by atoms with Gasteiger partial charge in [0.2, 0.25) is 0 Å². The predicted octanol–water partition coefficient (Wildman–Crippen LogP) is 4.63. The third-order valence-electron chi connectivity index (χ3n) is 5.15. The number of halogens is 1. The monoisotopic (exact) mass is 452 g/mol. The van der Waals surface area contributed by atoms with Crippen LogP contribution >= 0.6 is 11.6 Å². The Kier molecular flexibility index (Phi) is 7.49. The first kappa shape index (κ1) is 23.3. The lowest BCUT2D eigenvalue weighted by Gasteiger charge is -2.19. The molecule has 1 heterocycles. The molecule has 0 aliphatic rings. The minimum atomic E-state index is -0.188. The maximum Gasteiger partial charge on any atom is 0.260 e. The maximum atomic E-state index is 12.5. The molecule has 6 nitrogen and oxygen atoms in total. The molecule has 0 N–H and O–H groups in total. The molecule has 166 valence electrons. The summed E-state index contributed by atoms with van der Waals surface area (Å²) in [4.78, 5) is 31.0. The zero-order valence-electron chi connectivity index (χ0n) is 18.5. The number of likely N-dealkylation sites (N-methyl/N-ethyl adjacent to an activating group) is 1. The van der Waals surface area contributed by atoms with E-state index >= 15 is 0 Å². The number of hydrogen-bond acceptors (Lipinski definition) is 5. The molecule has 3 rings (SSSR count). The van der Waals surface area contributed by atoms with Crippen molar-refractivity contribution in [2.75, 3.05) is 20.8 Å². The molecule has 0 aliphatic carbocycles. The second-order valence-electron chi connectivity index (χ2n) is 7.45. The van der Waals surface area contributed by atoms with E-state index in [1.807, 2.05) is 13.8 Å². The number of hydrogen-bond donors (Lipinski definition) is 0. The second kappa shape index (κ2) is 10.3. The van der Waals surface area contributed by atoms with Crippen molar-refractivity contribution >= 4 is 23.3 Å². The van der Waals surface area contributed by atoms with E-state index in [2.05, 4.69) is 4.98 Å². The summed E-state index contributed by atoms with van der Waals surface area (Å²) >= 11 is 5.87. The first-order valence-electron chi connectivity index (χ1n) is 10.1. The minimum Gasteiger partial charge on any atom is -0.496 e. The molecule has 0 unspecified atom stereocenters. The van der Waals surface area contributed by atoms with Crippen LogP contribution in [-0.2, 0) is 11.3 Å². The Bertz CT molecular complexity index is 1110. The van der Waals surface area contributed by atoms with Crippen LogP contribution in [0, 0.1) is 13.8 Å². The standard InChI is InChI=1S/C25H25ClN2O4/c1-16-13-27-22(17(2)25(16)31-4)14-28(3)23(29)15-32-21-11-7-19(8-12-21)24(30)18-5-9-20(26)10-6-18/h5-13H,14-15H2,1-4H3. The Morgan fingerprint density at radius 1 is 1.00 bits per heavy atom. The number of pyridine rings is 1. The number of nitrogens with zero attached hydrogens (tertiary/aromatic N) is 2. The number of ether oxygens (including phenoxy) is 2. The van der Waals surface area contributed by atoms with E-state index in [1.54, 1.807) is 73.8 Å². The van der Waals surface area contributed by atoms with Crippen LogP contribution in [0.1, 0.15) is 32.7 Å². The Hall–Kier alpha value is -3.38. The highest BCUT2D eigenvalue weighted by Crippen LogP contribution is 2.24. The topological polar surface area (TPSA) is 68.7 Å². The van der Waals surface area contributed by atoms with E-state index < -0.39 is 0 Å². The van der Waals surface area contributed by atoms with Crippen molar-refractivity contribution in [1.29, 1.82) is 0 Å². The molecule has 0 saturated carbocycles. The molecule has 0 radical (unpaired) electrons. The number of benzene rings is 2. The fourth-order valence-electron chi connectivity index (χ4n) is 3.27. The fourth-order valence-corrected chi connectivity index (χ4v) is 3.40. The summed E-state index contributed by atoms with van der Waals surface area (Å²) in [6.07, 6.45) is 1.74. The zero-order valence-corrected chi connectivity index (χ0v) is 19.3. The number of aryl methyl sites for hydroxylation is 1. The van der Waals surface area contributed by atoms with Gasteiger partial charge >= 0.3 is 0 Å². The Morgan fingerprint density at radius 2 is 1.59 bits per heavy atom. The van der Waals surface area contributed by atoms with E-state index in [9.17, 15) is 9.59 Å². The summed E-state index contributed by atoms with van der Waals surface area (Å²) in [5.74, 6) is 0.985. The smallest absolute Gasteiger partial charge is 0.260 e. The molecule has 0 saturated heterocycles. The molecule has 1 amide bonds. The fraction of sp³-hybridized carbons (Fsp3) is 0.240. The quantitative estimate of drug-likeness (QED) is 0.466. The molecule has 0 aliphatic heterocycles.